The fourth-order valence-corrected chi connectivity index (χ4v) is 2.89. The Morgan fingerprint density at radius 2 is 1.31 bits per heavy atom. The van der Waals surface area contributed by atoms with Gasteiger partial charge in [-0.2, -0.15) is 0 Å². The van der Waals surface area contributed by atoms with Crippen LogP contribution in [0.1, 0.15) is 37.4 Å². The summed E-state index contributed by atoms with van der Waals surface area (Å²) in [5, 5.41) is 5.76. The molecule has 0 radical (unpaired) electrons. The quantitative estimate of drug-likeness (QED) is 0.646. The fraction of sp³-hybridized carbons (Fsp3) is 0.167. The van der Waals surface area contributed by atoms with E-state index in [9.17, 15) is 9.59 Å². The van der Waals surface area contributed by atoms with Crippen LogP contribution in [0.4, 0.5) is 0 Å². The standard InChI is InChI=1S/C24H24N2O3/c1-17-7-9-18(10-8-17)15-25-23(27)19-11-13-20(14-12-19)24(28)26-16-21-5-3-4-6-22(21)29-2/h3-14H,15-16H2,1-2H3,(H,25,27)(H,26,28). The van der Waals surface area contributed by atoms with Gasteiger partial charge in [0.1, 0.15) is 5.75 Å². The van der Waals surface area contributed by atoms with E-state index in [4.69, 9.17) is 4.74 Å². The molecular formula is C24H24N2O3. The Kier molecular flexibility index (Phi) is 6.63. The van der Waals surface area contributed by atoms with E-state index in [1.54, 1.807) is 31.4 Å². The smallest absolute Gasteiger partial charge is 0.251 e. The molecule has 0 atom stereocenters. The summed E-state index contributed by atoms with van der Waals surface area (Å²) in [7, 11) is 1.60. The van der Waals surface area contributed by atoms with Gasteiger partial charge in [-0.25, -0.2) is 0 Å². The highest BCUT2D eigenvalue weighted by molar-refractivity contribution is 5.97. The summed E-state index contributed by atoms with van der Waals surface area (Å²) in [6, 6.07) is 22.2. The first kappa shape index (κ1) is 20.1. The molecule has 148 valence electrons. The van der Waals surface area contributed by atoms with Crippen molar-refractivity contribution >= 4 is 11.8 Å². The first-order valence-corrected chi connectivity index (χ1v) is 9.40. The lowest BCUT2D eigenvalue weighted by atomic mass is 10.1. The molecule has 3 aromatic rings. The van der Waals surface area contributed by atoms with Crippen molar-refractivity contribution in [1.82, 2.24) is 10.6 Å². The van der Waals surface area contributed by atoms with Crippen molar-refractivity contribution in [1.29, 1.82) is 0 Å². The average molecular weight is 388 g/mol. The first-order valence-electron chi connectivity index (χ1n) is 9.40. The maximum atomic E-state index is 12.4. The van der Waals surface area contributed by atoms with E-state index in [2.05, 4.69) is 10.6 Å². The molecule has 2 amide bonds. The van der Waals surface area contributed by atoms with Gasteiger partial charge in [0.05, 0.1) is 7.11 Å². The number of ether oxygens (including phenoxy) is 1. The summed E-state index contributed by atoms with van der Waals surface area (Å²) in [5.41, 5.74) is 4.12. The maximum Gasteiger partial charge on any atom is 0.251 e. The number of nitrogens with one attached hydrogen (secondary N) is 2. The molecular weight excluding hydrogens is 364 g/mol. The van der Waals surface area contributed by atoms with E-state index in [1.165, 1.54) is 5.56 Å². The van der Waals surface area contributed by atoms with Gasteiger partial charge in [-0.3, -0.25) is 9.59 Å². The molecule has 0 aliphatic carbocycles. The van der Waals surface area contributed by atoms with Crippen LogP contribution in [0.3, 0.4) is 0 Å². The predicted octanol–water partition coefficient (Wildman–Crippen LogP) is 3.86. The molecule has 0 aliphatic rings. The molecule has 0 saturated carbocycles. The van der Waals surface area contributed by atoms with Crippen LogP contribution < -0.4 is 15.4 Å². The van der Waals surface area contributed by atoms with Crippen molar-refractivity contribution < 1.29 is 14.3 Å². The second-order valence-corrected chi connectivity index (χ2v) is 6.74. The lowest BCUT2D eigenvalue weighted by Gasteiger charge is -2.10. The Balaban J connectivity index is 1.55. The number of benzene rings is 3. The number of amides is 2. The highest BCUT2D eigenvalue weighted by Crippen LogP contribution is 2.17. The summed E-state index contributed by atoms with van der Waals surface area (Å²) >= 11 is 0. The molecule has 0 bridgehead atoms. The molecule has 3 aromatic carbocycles. The zero-order valence-electron chi connectivity index (χ0n) is 16.6. The molecule has 5 nitrogen and oxygen atoms in total. The van der Waals surface area contributed by atoms with E-state index in [0.29, 0.717) is 24.2 Å². The van der Waals surface area contributed by atoms with Gasteiger partial charge in [0.2, 0.25) is 0 Å². The third-order valence-electron chi connectivity index (χ3n) is 4.61. The number of hydrogen-bond acceptors (Lipinski definition) is 3. The van der Waals surface area contributed by atoms with Gasteiger partial charge in [0, 0.05) is 29.8 Å². The fourth-order valence-electron chi connectivity index (χ4n) is 2.89. The molecule has 0 fully saturated rings. The lowest BCUT2D eigenvalue weighted by molar-refractivity contribution is 0.0939. The van der Waals surface area contributed by atoms with Crippen molar-refractivity contribution in [3.63, 3.8) is 0 Å². The first-order chi connectivity index (χ1) is 14.1. The van der Waals surface area contributed by atoms with Gasteiger partial charge in [0.25, 0.3) is 11.8 Å². The van der Waals surface area contributed by atoms with Crippen LogP contribution in [0.5, 0.6) is 5.75 Å². The minimum atomic E-state index is -0.206. The molecule has 0 saturated heterocycles. The van der Waals surface area contributed by atoms with Crippen molar-refractivity contribution in [2.75, 3.05) is 7.11 Å². The number of carbonyl (C=O) groups is 2. The summed E-state index contributed by atoms with van der Waals surface area (Å²) in [6.07, 6.45) is 0. The monoisotopic (exact) mass is 388 g/mol. The van der Waals surface area contributed by atoms with Crippen LogP contribution in [0.15, 0.2) is 72.8 Å². The van der Waals surface area contributed by atoms with Gasteiger partial charge in [0.15, 0.2) is 0 Å². The minimum Gasteiger partial charge on any atom is -0.496 e. The Morgan fingerprint density at radius 1 is 0.759 bits per heavy atom. The van der Waals surface area contributed by atoms with Crippen LogP contribution in [-0.2, 0) is 13.1 Å². The number of hydrogen-bond donors (Lipinski definition) is 2. The summed E-state index contributed by atoms with van der Waals surface area (Å²) in [5.74, 6) is 0.350. The second-order valence-electron chi connectivity index (χ2n) is 6.74. The second kappa shape index (κ2) is 9.55. The van der Waals surface area contributed by atoms with Crippen LogP contribution in [0, 0.1) is 6.92 Å². The van der Waals surface area contributed by atoms with E-state index in [1.807, 2.05) is 55.5 Å². The van der Waals surface area contributed by atoms with Gasteiger partial charge < -0.3 is 15.4 Å². The summed E-state index contributed by atoms with van der Waals surface area (Å²) < 4.78 is 5.29. The molecule has 0 aromatic heterocycles. The van der Waals surface area contributed by atoms with Crippen LogP contribution in [0.2, 0.25) is 0 Å². The lowest BCUT2D eigenvalue weighted by Crippen LogP contribution is -2.24. The largest absolute Gasteiger partial charge is 0.496 e. The molecule has 0 spiro atoms. The summed E-state index contributed by atoms with van der Waals surface area (Å²) in [4.78, 5) is 24.7. The molecule has 2 N–H and O–H groups in total. The number of methoxy groups -OCH3 is 1. The van der Waals surface area contributed by atoms with E-state index >= 15 is 0 Å². The highest BCUT2D eigenvalue weighted by Gasteiger charge is 2.10. The molecule has 0 aliphatic heterocycles. The number of para-hydroxylation sites is 1. The number of carbonyl (C=O) groups excluding carboxylic acids is 2. The topological polar surface area (TPSA) is 67.4 Å². The Hall–Kier alpha value is -3.60. The van der Waals surface area contributed by atoms with Crippen LogP contribution in [-0.4, -0.2) is 18.9 Å². The molecule has 0 unspecified atom stereocenters. The van der Waals surface area contributed by atoms with E-state index in [-0.39, 0.29) is 11.8 Å². The SMILES string of the molecule is COc1ccccc1CNC(=O)c1ccc(C(=O)NCc2ccc(C)cc2)cc1. The molecule has 29 heavy (non-hydrogen) atoms. The molecule has 0 heterocycles. The van der Waals surface area contributed by atoms with Crippen molar-refractivity contribution in [2.45, 2.75) is 20.0 Å². The minimum absolute atomic E-state index is 0.174. The zero-order chi connectivity index (χ0) is 20.6. The van der Waals surface area contributed by atoms with E-state index < -0.39 is 0 Å². The van der Waals surface area contributed by atoms with Crippen LogP contribution >= 0.6 is 0 Å². The normalized spacial score (nSPS) is 10.3. The van der Waals surface area contributed by atoms with E-state index in [0.717, 1.165) is 16.9 Å². The zero-order valence-corrected chi connectivity index (χ0v) is 16.6. The van der Waals surface area contributed by atoms with Gasteiger partial charge in [-0.15, -0.1) is 0 Å². The summed E-state index contributed by atoms with van der Waals surface area (Å²) in [6.45, 7) is 2.85. The third kappa shape index (κ3) is 5.45. The maximum absolute atomic E-state index is 12.4. The van der Waals surface area contributed by atoms with Gasteiger partial charge >= 0.3 is 0 Å². The van der Waals surface area contributed by atoms with Gasteiger partial charge in [-0.05, 0) is 42.8 Å². The van der Waals surface area contributed by atoms with Crippen LogP contribution in [0.25, 0.3) is 0 Å². The highest BCUT2D eigenvalue weighted by atomic mass is 16.5. The van der Waals surface area contributed by atoms with Crippen molar-refractivity contribution in [3.8, 4) is 5.75 Å². The number of aryl methyl sites for hydroxylation is 1. The average Bonchev–Trinajstić information content (AvgIpc) is 2.77. The third-order valence-corrected chi connectivity index (χ3v) is 4.61. The predicted molar refractivity (Wildman–Crippen MR) is 113 cm³/mol. The molecule has 5 heteroatoms. The molecule has 3 rings (SSSR count). The number of rotatable bonds is 7. The van der Waals surface area contributed by atoms with Crippen molar-refractivity contribution in [3.05, 3.63) is 101 Å². The van der Waals surface area contributed by atoms with Crippen molar-refractivity contribution in [2.24, 2.45) is 0 Å². The Morgan fingerprint density at radius 3 is 1.90 bits per heavy atom. The Bertz CT molecular complexity index is 980. The van der Waals surface area contributed by atoms with Gasteiger partial charge in [-0.1, -0.05) is 48.0 Å². The Labute approximate surface area is 170 Å².